The van der Waals surface area contributed by atoms with Crippen molar-refractivity contribution < 1.29 is 27.7 Å². The summed E-state index contributed by atoms with van der Waals surface area (Å²) < 4.78 is 51.0. The van der Waals surface area contributed by atoms with E-state index in [1.807, 2.05) is 4.31 Å². The molecule has 38 heavy (non-hydrogen) atoms. The quantitative estimate of drug-likeness (QED) is 0.139. The third-order valence-corrected chi connectivity index (χ3v) is 8.12. The predicted octanol–water partition coefficient (Wildman–Crippen LogP) is 6.33. The molecule has 0 bridgehead atoms. The molecule has 0 saturated heterocycles. The summed E-state index contributed by atoms with van der Waals surface area (Å²) in [6.45, 7) is -0.115. The summed E-state index contributed by atoms with van der Waals surface area (Å²) >= 11 is 19.3. The van der Waals surface area contributed by atoms with Gasteiger partial charge in [-0.2, -0.15) is 0 Å². The van der Waals surface area contributed by atoms with Crippen molar-refractivity contribution in [3.05, 3.63) is 86.9 Å². The minimum absolute atomic E-state index is 0.0616. The maximum Gasteiger partial charge on any atom is 0.258 e. The molecule has 0 saturated carbocycles. The van der Waals surface area contributed by atoms with Crippen LogP contribution in [0.3, 0.4) is 0 Å². The highest BCUT2D eigenvalue weighted by atomic mass is 35.5. The van der Waals surface area contributed by atoms with Gasteiger partial charge in [0.2, 0.25) is 0 Å². The number of ether oxygens (including phenoxy) is 1. The van der Waals surface area contributed by atoms with Crippen molar-refractivity contribution in [1.29, 1.82) is 0 Å². The van der Waals surface area contributed by atoms with E-state index in [1.54, 1.807) is 25.2 Å². The van der Waals surface area contributed by atoms with Gasteiger partial charge in [-0.25, -0.2) is 22.8 Å². The van der Waals surface area contributed by atoms with E-state index < -0.39 is 40.8 Å². The second-order valence-corrected chi connectivity index (χ2v) is 11.8. The zero-order valence-corrected chi connectivity index (χ0v) is 23.7. The summed E-state index contributed by atoms with van der Waals surface area (Å²) in [6, 6.07) is 12.8. The van der Waals surface area contributed by atoms with E-state index in [1.165, 1.54) is 46.0 Å². The maximum atomic E-state index is 14.8. The smallest absolute Gasteiger partial charge is 0.258 e. The monoisotopic (exact) mass is 623 g/mol. The van der Waals surface area contributed by atoms with E-state index >= 15 is 0 Å². The Kier molecular flexibility index (Phi) is 11.6. The minimum Gasteiger partial charge on any atom is -0.451 e. The van der Waals surface area contributed by atoms with Crippen molar-refractivity contribution in [2.24, 2.45) is 0 Å². The molecule has 1 amide bonds. The van der Waals surface area contributed by atoms with Crippen molar-refractivity contribution >= 4 is 63.6 Å². The first-order chi connectivity index (χ1) is 18.0. The predicted molar refractivity (Wildman–Crippen MR) is 146 cm³/mol. The van der Waals surface area contributed by atoms with E-state index in [-0.39, 0.29) is 17.2 Å². The lowest BCUT2D eigenvalue weighted by molar-refractivity contribution is -0.129. The molecule has 1 atom stereocenters. The third-order valence-electron chi connectivity index (χ3n) is 4.92. The van der Waals surface area contributed by atoms with Crippen molar-refractivity contribution in [2.45, 2.75) is 10.6 Å². The van der Waals surface area contributed by atoms with Crippen LogP contribution in [-0.2, 0) is 21.5 Å². The van der Waals surface area contributed by atoms with Gasteiger partial charge in [0, 0.05) is 33.9 Å². The number of hydroxylamine groups is 1. The second kappa shape index (κ2) is 14.4. The van der Waals surface area contributed by atoms with Gasteiger partial charge in [0.25, 0.3) is 5.91 Å². The number of benzene rings is 3. The fourth-order valence-corrected chi connectivity index (χ4v) is 5.75. The standard InChI is InChI=1S/C24H22Cl3F2N3O4S2/c1-31(37-14-15-8-17(26)10-18(27)9-15)6-7-32(13-23(33)30-34)38(35)20-11-21(28)24(22(29)12-20)36-19-4-2-16(25)3-5-19/h2-5,8-12,34H,6-7,13-14H2,1H3,(H,30,33). The molecule has 0 heterocycles. The molecule has 3 aromatic carbocycles. The van der Waals surface area contributed by atoms with Gasteiger partial charge in [0.15, 0.2) is 17.4 Å². The van der Waals surface area contributed by atoms with Gasteiger partial charge in [0.1, 0.15) is 16.7 Å². The Bertz CT molecular complexity index is 1260. The number of likely N-dealkylation sites (N-methyl/N-ethyl adjacent to an activating group) is 1. The van der Waals surface area contributed by atoms with Crippen molar-refractivity contribution in [1.82, 2.24) is 14.1 Å². The van der Waals surface area contributed by atoms with Crippen LogP contribution in [-0.4, -0.2) is 50.6 Å². The van der Waals surface area contributed by atoms with Gasteiger partial charge >= 0.3 is 0 Å². The van der Waals surface area contributed by atoms with Crippen LogP contribution in [0, 0.1) is 11.6 Å². The van der Waals surface area contributed by atoms with Crippen LogP contribution in [0.1, 0.15) is 5.56 Å². The number of carbonyl (C=O) groups excluding carboxylic acids is 1. The molecule has 0 aliphatic rings. The molecule has 3 aromatic rings. The largest absolute Gasteiger partial charge is 0.451 e. The molecule has 1 unspecified atom stereocenters. The number of carbonyl (C=O) groups is 1. The zero-order chi connectivity index (χ0) is 27.8. The lowest BCUT2D eigenvalue weighted by Gasteiger charge is -2.23. The van der Waals surface area contributed by atoms with Gasteiger partial charge in [0.05, 0.1) is 11.4 Å². The Morgan fingerprint density at radius 3 is 2.18 bits per heavy atom. The number of halogens is 5. The molecule has 0 aliphatic heterocycles. The van der Waals surface area contributed by atoms with Crippen LogP contribution in [0.15, 0.2) is 59.5 Å². The Morgan fingerprint density at radius 1 is 1.00 bits per heavy atom. The molecule has 204 valence electrons. The molecule has 14 heteroatoms. The highest BCUT2D eigenvalue weighted by Gasteiger charge is 2.23. The first kappa shape index (κ1) is 30.6. The SMILES string of the molecule is CN(CCN(CC(=O)NO)S(=O)c1cc(F)c(Oc2ccc(Cl)cc2)c(F)c1)SCc1cc(Cl)cc(Cl)c1. The molecule has 0 aliphatic carbocycles. The molecule has 0 fully saturated rings. The summed E-state index contributed by atoms with van der Waals surface area (Å²) in [7, 11) is -0.363. The lowest BCUT2D eigenvalue weighted by Crippen LogP contribution is -2.40. The molecule has 0 radical (unpaired) electrons. The van der Waals surface area contributed by atoms with E-state index in [0.717, 1.165) is 17.7 Å². The van der Waals surface area contributed by atoms with Crippen molar-refractivity contribution in [2.75, 3.05) is 26.7 Å². The fourth-order valence-electron chi connectivity index (χ4n) is 3.12. The summed E-state index contributed by atoms with van der Waals surface area (Å²) in [5.74, 6) is -2.98. The number of rotatable bonds is 12. The first-order valence-electron chi connectivity index (χ1n) is 10.9. The summed E-state index contributed by atoms with van der Waals surface area (Å²) in [5, 5.41) is 10.4. The molecular weight excluding hydrogens is 603 g/mol. The van der Waals surface area contributed by atoms with E-state index in [9.17, 15) is 17.8 Å². The second-order valence-electron chi connectivity index (χ2n) is 7.82. The molecule has 0 spiro atoms. The topological polar surface area (TPSA) is 82.1 Å². The Balaban J connectivity index is 1.69. The van der Waals surface area contributed by atoms with Crippen LogP contribution in [0.25, 0.3) is 0 Å². The summed E-state index contributed by atoms with van der Waals surface area (Å²) in [6.07, 6.45) is 0. The Hall–Kier alpha value is -1.96. The van der Waals surface area contributed by atoms with E-state index in [2.05, 4.69) is 0 Å². The average molecular weight is 625 g/mol. The maximum absolute atomic E-state index is 14.8. The fraction of sp³-hybridized carbons (Fsp3) is 0.208. The molecule has 2 N–H and O–H groups in total. The van der Waals surface area contributed by atoms with Crippen LogP contribution in [0.4, 0.5) is 8.78 Å². The first-order valence-corrected chi connectivity index (χ1v) is 14.0. The minimum atomic E-state index is -2.15. The number of nitrogens with zero attached hydrogens (tertiary/aromatic N) is 2. The highest BCUT2D eigenvalue weighted by molar-refractivity contribution is 7.96. The van der Waals surface area contributed by atoms with E-state index in [4.69, 9.17) is 44.7 Å². The van der Waals surface area contributed by atoms with Crippen LogP contribution in [0.5, 0.6) is 11.5 Å². The summed E-state index contributed by atoms with van der Waals surface area (Å²) in [5.41, 5.74) is 2.37. The average Bonchev–Trinajstić information content (AvgIpc) is 2.87. The number of hydrogen-bond donors (Lipinski definition) is 2. The van der Waals surface area contributed by atoms with Gasteiger partial charge in [-0.05, 0) is 67.2 Å². The lowest BCUT2D eigenvalue weighted by atomic mass is 10.2. The molecule has 7 nitrogen and oxygen atoms in total. The highest BCUT2D eigenvalue weighted by Crippen LogP contribution is 2.31. The number of nitrogens with one attached hydrogen (secondary N) is 1. The normalized spacial score (nSPS) is 12.1. The van der Waals surface area contributed by atoms with Gasteiger partial charge in [-0.15, -0.1) is 0 Å². The van der Waals surface area contributed by atoms with Crippen molar-refractivity contribution in [3.8, 4) is 11.5 Å². The molecule has 0 aromatic heterocycles. The van der Waals surface area contributed by atoms with Crippen LogP contribution >= 0.6 is 46.8 Å². The molecule has 3 rings (SSSR count). The zero-order valence-electron chi connectivity index (χ0n) is 19.8. The Morgan fingerprint density at radius 2 is 1.61 bits per heavy atom. The van der Waals surface area contributed by atoms with Gasteiger partial charge in [-0.1, -0.05) is 46.8 Å². The Labute approximate surface area is 240 Å². The number of amides is 1. The summed E-state index contributed by atoms with van der Waals surface area (Å²) in [4.78, 5) is 11.6. The number of hydrogen-bond acceptors (Lipinski definition) is 6. The van der Waals surface area contributed by atoms with Gasteiger partial charge < -0.3 is 4.74 Å². The van der Waals surface area contributed by atoms with Crippen molar-refractivity contribution in [3.63, 3.8) is 0 Å². The van der Waals surface area contributed by atoms with Crippen LogP contribution in [0.2, 0.25) is 15.1 Å². The molecular formula is C24H22Cl3F2N3O4S2. The third kappa shape index (κ3) is 9.06. The van der Waals surface area contributed by atoms with Crippen LogP contribution < -0.4 is 10.2 Å². The van der Waals surface area contributed by atoms with Gasteiger partial charge in [-0.3, -0.25) is 14.3 Å². The van der Waals surface area contributed by atoms with E-state index in [0.29, 0.717) is 27.4 Å².